The standard InChI is InChI=1S/C6H10OS2/c1-8-9-6-2-4-7-5-3-6/h2H,3-5H2,1H3. The second-order valence-corrected chi connectivity index (χ2v) is 4.27. The number of rotatable bonds is 2. The number of hydrogen-bond donors (Lipinski definition) is 0. The second-order valence-electron chi connectivity index (χ2n) is 1.75. The van der Waals surface area contributed by atoms with Crippen molar-refractivity contribution in [3.8, 4) is 0 Å². The molecule has 3 heteroatoms. The van der Waals surface area contributed by atoms with E-state index < -0.39 is 0 Å². The van der Waals surface area contributed by atoms with Crippen LogP contribution in [0.5, 0.6) is 0 Å². The van der Waals surface area contributed by atoms with Crippen LogP contribution in [0.15, 0.2) is 11.0 Å². The Labute approximate surface area is 63.6 Å². The summed E-state index contributed by atoms with van der Waals surface area (Å²) < 4.78 is 5.15. The average molecular weight is 162 g/mol. The Hall–Kier alpha value is 0.400. The van der Waals surface area contributed by atoms with Crippen molar-refractivity contribution in [2.45, 2.75) is 6.42 Å². The lowest BCUT2D eigenvalue weighted by molar-refractivity contribution is 0.157. The topological polar surface area (TPSA) is 9.23 Å². The zero-order valence-corrected chi connectivity index (χ0v) is 7.06. The minimum absolute atomic E-state index is 0.808. The maximum Gasteiger partial charge on any atom is 0.0658 e. The first kappa shape index (κ1) is 7.51. The van der Waals surface area contributed by atoms with Gasteiger partial charge in [0.1, 0.15) is 0 Å². The molecule has 0 bridgehead atoms. The van der Waals surface area contributed by atoms with Gasteiger partial charge in [-0.1, -0.05) is 21.6 Å². The van der Waals surface area contributed by atoms with Crippen LogP contribution in [0.3, 0.4) is 0 Å². The van der Waals surface area contributed by atoms with Gasteiger partial charge in [-0.25, -0.2) is 0 Å². The van der Waals surface area contributed by atoms with Crippen molar-refractivity contribution >= 4 is 21.6 Å². The van der Waals surface area contributed by atoms with Gasteiger partial charge in [-0.05, 0) is 17.2 Å². The third-order valence-corrected chi connectivity index (χ3v) is 3.01. The van der Waals surface area contributed by atoms with Crippen molar-refractivity contribution in [1.82, 2.24) is 0 Å². The Kier molecular flexibility index (Phi) is 3.55. The molecule has 0 spiro atoms. The summed E-state index contributed by atoms with van der Waals surface area (Å²) in [5.74, 6) is 0. The zero-order chi connectivity index (χ0) is 6.53. The van der Waals surface area contributed by atoms with Crippen molar-refractivity contribution in [3.63, 3.8) is 0 Å². The van der Waals surface area contributed by atoms with Crippen LogP contribution in [0.25, 0.3) is 0 Å². The summed E-state index contributed by atoms with van der Waals surface area (Å²) in [5, 5.41) is 0. The molecule has 0 amide bonds. The van der Waals surface area contributed by atoms with E-state index in [9.17, 15) is 0 Å². The highest BCUT2D eigenvalue weighted by Gasteiger charge is 2.01. The Bertz CT molecular complexity index is 112. The van der Waals surface area contributed by atoms with Crippen molar-refractivity contribution in [1.29, 1.82) is 0 Å². The molecule has 1 nitrogen and oxygen atoms in total. The van der Waals surface area contributed by atoms with E-state index in [0.29, 0.717) is 0 Å². The van der Waals surface area contributed by atoms with E-state index in [1.807, 2.05) is 10.8 Å². The van der Waals surface area contributed by atoms with Crippen LogP contribution in [-0.4, -0.2) is 19.5 Å². The first-order chi connectivity index (χ1) is 4.43. The quantitative estimate of drug-likeness (QED) is 0.577. The molecule has 0 N–H and O–H groups in total. The molecule has 0 aliphatic carbocycles. The first-order valence-electron chi connectivity index (χ1n) is 2.91. The van der Waals surface area contributed by atoms with Gasteiger partial charge in [-0.3, -0.25) is 0 Å². The number of ether oxygens (including phenoxy) is 1. The van der Waals surface area contributed by atoms with Crippen LogP contribution in [0.2, 0.25) is 0 Å². The van der Waals surface area contributed by atoms with Gasteiger partial charge < -0.3 is 4.74 Å². The molecular formula is C6H10OS2. The molecular weight excluding hydrogens is 152 g/mol. The van der Waals surface area contributed by atoms with Crippen molar-refractivity contribution in [2.24, 2.45) is 0 Å². The lowest BCUT2D eigenvalue weighted by atomic mass is 10.3. The van der Waals surface area contributed by atoms with Gasteiger partial charge in [-0.2, -0.15) is 0 Å². The molecule has 1 rings (SSSR count). The molecule has 0 fully saturated rings. The van der Waals surface area contributed by atoms with Gasteiger partial charge >= 0.3 is 0 Å². The molecule has 9 heavy (non-hydrogen) atoms. The molecule has 0 aromatic rings. The summed E-state index contributed by atoms with van der Waals surface area (Å²) in [6.45, 7) is 1.71. The van der Waals surface area contributed by atoms with Gasteiger partial charge in [-0.15, -0.1) is 0 Å². The summed E-state index contributed by atoms with van der Waals surface area (Å²) in [5.41, 5.74) is 0. The van der Waals surface area contributed by atoms with Gasteiger partial charge in [0.2, 0.25) is 0 Å². The van der Waals surface area contributed by atoms with Crippen LogP contribution >= 0.6 is 21.6 Å². The van der Waals surface area contributed by atoms with E-state index in [0.717, 1.165) is 19.6 Å². The lowest BCUT2D eigenvalue weighted by Gasteiger charge is -2.10. The normalized spacial score (nSPS) is 19.4. The molecule has 0 atom stereocenters. The minimum atomic E-state index is 0.808. The van der Waals surface area contributed by atoms with Crippen LogP contribution in [-0.2, 0) is 4.74 Å². The largest absolute Gasteiger partial charge is 0.377 e. The Morgan fingerprint density at radius 2 is 2.56 bits per heavy atom. The van der Waals surface area contributed by atoms with Crippen LogP contribution in [0.1, 0.15) is 6.42 Å². The fourth-order valence-corrected chi connectivity index (χ4v) is 2.31. The lowest BCUT2D eigenvalue weighted by Crippen LogP contribution is -2.01. The summed E-state index contributed by atoms with van der Waals surface area (Å²) in [6.07, 6.45) is 5.36. The van der Waals surface area contributed by atoms with E-state index >= 15 is 0 Å². The summed E-state index contributed by atoms with van der Waals surface area (Å²) in [4.78, 5) is 1.47. The van der Waals surface area contributed by atoms with E-state index in [2.05, 4.69) is 12.3 Å². The van der Waals surface area contributed by atoms with Crippen molar-refractivity contribution < 1.29 is 4.74 Å². The summed E-state index contributed by atoms with van der Waals surface area (Å²) in [6, 6.07) is 0. The van der Waals surface area contributed by atoms with Gasteiger partial charge in [0.15, 0.2) is 0 Å². The number of hydrogen-bond acceptors (Lipinski definition) is 3. The maximum absolute atomic E-state index is 5.15. The summed E-state index contributed by atoms with van der Waals surface area (Å²) >= 11 is 0. The second kappa shape index (κ2) is 4.25. The fraction of sp³-hybridized carbons (Fsp3) is 0.667. The third-order valence-electron chi connectivity index (χ3n) is 1.11. The highest BCUT2D eigenvalue weighted by Crippen LogP contribution is 2.30. The van der Waals surface area contributed by atoms with Gasteiger partial charge in [0, 0.05) is 6.42 Å². The van der Waals surface area contributed by atoms with Crippen LogP contribution < -0.4 is 0 Å². The highest BCUT2D eigenvalue weighted by molar-refractivity contribution is 8.77. The first-order valence-corrected chi connectivity index (χ1v) is 5.46. The van der Waals surface area contributed by atoms with Crippen molar-refractivity contribution in [2.75, 3.05) is 19.5 Å². The third kappa shape index (κ3) is 2.65. The summed E-state index contributed by atoms with van der Waals surface area (Å²) in [7, 11) is 3.65. The zero-order valence-electron chi connectivity index (χ0n) is 5.42. The molecule has 1 aliphatic rings. The van der Waals surface area contributed by atoms with Crippen molar-refractivity contribution in [3.05, 3.63) is 11.0 Å². The van der Waals surface area contributed by atoms with E-state index in [1.165, 1.54) is 4.91 Å². The molecule has 1 aliphatic heterocycles. The molecule has 0 saturated carbocycles. The highest BCUT2D eigenvalue weighted by atomic mass is 33.1. The maximum atomic E-state index is 5.15. The molecule has 0 aromatic carbocycles. The minimum Gasteiger partial charge on any atom is -0.377 e. The predicted molar refractivity (Wildman–Crippen MR) is 44.6 cm³/mol. The molecule has 0 aromatic heterocycles. The SMILES string of the molecule is CSSC1=CCOCC1. The molecule has 0 saturated heterocycles. The van der Waals surface area contributed by atoms with E-state index in [1.54, 1.807) is 10.8 Å². The van der Waals surface area contributed by atoms with E-state index in [-0.39, 0.29) is 0 Å². The molecule has 52 valence electrons. The molecule has 0 unspecified atom stereocenters. The Morgan fingerprint density at radius 3 is 3.11 bits per heavy atom. The Morgan fingerprint density at radius 1 is 1.67 bits per heavy atom. The van der Waals surface area contributed by atoms with Crippen LogP contribution in [0.4, 0.5) is 0 Å². The van der Waals surface area contributed by atoms with Crippen LogP contribution in [0, 0.1) is 0 Å². The molecule has 1 heterocycles. The fourth-order valence-electron chi connectivity index (χ4n) is 0.693. The molecule has 0 radical (unpaired) electrons. The van der Waals surface area contributed by atoms with E-state index in [4.69, 9.17) is 4.74 Å². The predicted octanol–water partition coefficient (Wildman–Crippen LogP) is 2.30. The Balaban J connectivity index is 2.28. The van der Waals surface area contributed by atoms with Gasteiger partial charge in [0.05, 0.1) is 13.2 Å². The average Bonchev–Trinajstić information content (AvgIpc) is 1.91. The smallest absolute Gasteiger partial charge is 0.0658 e. The van der Waals surface area contributed by atoms with Gasteiger partial charge in [0.25, 0.3) is 0 Å². The monoisotopic (exact) mass is 162 g/mol.